The summed E-state index contributed by atoms with van der Waals surface area (Å²) in [6, 6.07) is 4.91. The molecule has 8 heteroatoms. The average Bonchev–Trinajstić information content (AvgIpc) is 2.45. The Hall–Kier alpha value is -2.27. The van der Waals surface area contributed by atoms with Gasteiger partial charge in [0.1, 0.15) is 6.42 Å². The third kappa shape index (κ3) is 4.38. The zero-order chi connectivity index (χ0) is 17.9. The Morgan fingerprint density at radius 2 is 2.00 bits per heavy atom. The van der Waals surface area contributed by atoms with Gasteiger partial charge in [0, 0.05) is 13.1 Å². The first-order chi connectivity index (χ1) is 11.2. The van der Waals surface area contributed by atoms with Crippen LogP contribution in [0.5, 0.6) is 0 Å². The molecule has 2 unspecified atom stereocenters. The second-order valence-corrected chi connectivity index (χ2v) is 5.78. The molecule has 2 rings (SSSR count). The van der Waals surface area contributed by atoms with E-state index in [2.05, 4.69) is 5.32 Å². The van der Waals surface area contributed by atoms with Gasteiger partial charge in [0.2, 0.25) is 5.91 Å². The highest BCUT2D eigenvalue weighted by atomic mass is 19.4. The van der Waals surface area contributed by atoms with Crippen LogP contribution in [-0.2, 0) is 15.7 Å². The Bertz CT molecular complexity index is 645. The zero-order valence-corrected chi connectivity index (χ0v) is 13.4. The molecule has 0 spiro atoms. The number of carbonyl (C=O) groups is 1. The molecule has 1 heterocycles. The molecule has 0 saturated carbocycles. The van der Waals surface area contributed by atoms with E-state index in [0.29, 0.717) is 18.8 Å². The van der Waals surface area contributed by atoms with E-state index in [-0.39, 0.29) is 17.9 Å². The first kappa shape index (κ1) is 18.1. The third-order valence-corrected chi connectivity index (χ3v) is 3.60. The van der Waals surface area contributed by atoms with E-state index in [1.54, 1.807) is 6.07 Å². The largest absolute Gasteiger partial charge is 0.416 e. The number of alkyl halides is 3. The first-order valence-corrected chi connectivity index (χ1v) is 7.49. The van der Waals surface area contributed by atoms with Gasteiger partial charge in [-0.15, -0.1) is 0 Å². The highest BCUT2D eigenvalue weighted by Crippen LogP contribution is 2.36. The molecule has 1 aromatic rings. The van der Waals surface area contributed by atoms with Crippen molar-refractivity contribution in [3.05, 3.63) is 23.8 Å². The summed E-state index contributed by atoms with van der Waals surface area (Å²) in [6.45, 7) is 4.75. The number of nitrogens with zero attached hydrogens (tertiary/aromatic N) is 2. The minimum Gasteiger partial charge on any atom is -0.372 e. The molecule has 0 bridgehead atoms. The minimum absolute atomic E-state index is 0.0476. The van der Waals surface area contributed by atoms with Crippen molar-refractivity contribution in [1.82, 2.24) is 0 Å². The number of benzene rings is 1. The fourth-order valence-corrected chi connectivity index (χ4v) is 2.73. The van der Waals surface area contributed by atoms with Gasteiger partial charge < -0.3 is 15.0 Å². The van der Waals surface area contributed by atoms with Crippen molar-refractivity contribution in [3.63, 3.8) is 0 Å². The number of nitrogens with one attached hydrogen (secondary N) is 1. The number of hydrogen-bond acceptors (Lipinski definition) is 4. The average molecular weight is 341 g/mol. The number of anilines is 2. The van der Waals surface area contributed by atoms with Crippen molar-refractivity contribution < 1.29 is 22.7 Å². The van der Waals surface area contributed by atoms with E-state index in [1.807, 2.05) is 18.7 Å². The van der Waals surface area contributed by atoms with Crippen molar-refractivity contribution in [2.24, 2.45) is 0 Å². The van der Waals surface area contributed by atoms with Crippen LogP contribution in [0.25, 0.3) is 0 Å². The van der Waals surface area contributed by atoms with Crippen LogP contribution in [0.4, 0.5) is 24.5 Å². The SMILES string of the molecule is CC1CN(c2ccc(C(F)(F)F)cc2NC(=O)CC#N)CC(C)O1. The molecular weight excluding hydrogens is 323 g/mol. The molecule has 24 heavy (non-hydrogen) atoms. The van der Waals surface area contributed by atoms with Crippen LogP contribution in [-0.4, -0.2) is 31.2 Å². The Balaban J connectivity index is 2.38. The maximum Gasteiger partial charge on any atom is 0.416 e. The van der Waals surface area contributed by atoms with Crippen molar-refractivity contribution >= 4 is 17.3 Å². The molecule has 0 aromatic heterocycles. The number of nitriles is 1. The minimum atomic E-state index is -4.52. The molecule has 1 fully saturated rings. The van der Waals surface area contributed by atoms with Crippen LogP contribution in [0.2, 0.25) is 0 Å². The molecule has 0 aliphatic carbocycles. The molecule has 0 radical (unpaired) electrons. The van der Waals surface area contributed by atoms with Crippen molar-refractivity contribution in [2.45, 2.75) is 38.7 Å². The van der Waals surface area contributed by atoms with Crippen LogP contribution in [0.3, 0.4) is 0 Å². The summed E-state index contributed by atoms with van der Waals surface area (Å²) >= 11 is 0. The summed E-state index contributed by atoms with van der Waals surface area (Å²) in [5.41, 5.74) is -0.324. The Morgan fingerprint density at radius 3 is 2.54 bits per heavy atom. The lowest BCUT2D eigenvalue weighted by Gasteiger charge is -2.37. The number of rotatable bonds is 3. The Labute approximate surface area is 138 Å². The molecular formula is C16H18F3N3O2. The van der Waals surface area contributed by atoms with Crippen molar-refractivity contribution in [3.8, 4) is 6.07 Å². The predicted octanol–water partition coefficient (Wildman–Crippen LogP) is 3.17. The molecule has 1 N–H and O–H groups in total. The topological polar surface area (TPSA) is 65.4 Å². The lowest BCUT2D eigenvalue weighted by molar-refractivity contribution is -0.137. The third-order valence-electron chi connectivity index (χ3n) is 3.60. The number of amides is 1. The van der Waals surface area contributed by atoms with E-state index >= 15 is 0 Å². The summed E-state index contributed by atoms with van der Waals surface area (Å²) in [5, 5.41) is 11.0. The predicted molar refractivity (Wildman–Crippen MR) is 82.5 cm³/mol. The number of morpholine rings is 1. The molecule has 1 aliphatic heterocycles. The summed E-state index contributed by atoms with van der Waals surface area (Å²) in [5.74, 6) is -0.646. The van der Waals surface area contributed by atoms with E-state index in [1.165, 1.54) is 6.07 Å². The molecule has 2 atom stereocenters. The number of carbonyl (C=O) groups excluding carboxylic acids is 1. The summed E-state index contributed by atoms with van der Waals surface area (Å²) < 4.78 is 44.5. The van der Waals surface area contributed by atoms with Gasteiger partial charge in [0.25, 0.3) is 0 Å². The number of halogens is 3. The maximum atomic E-state index is 13.0. The fourth-order valence-electron chi connectivity index (χ4n) is 2.73. The summed E-state index contributed by atoms with van der Waals surface area (Å²) in [7, 11) is 0. The highest BCUT2D eigenvalue weighted by Gasteiger charge is 2.32. The zero-order valence-electron chi connectivity index (χ0n) is 13.4. The van der Waals surface area contributed by atoms with Gasteiger partial charge in [-0.05, 0) is 32.0 Å². The van der Waals surface area contributed by atoms with Gasteiger partial charge in [-0.25, -0.2) is 0 Å². The van der Waals surface area contributed by atoms with E-state index in [9.17, 15) is 18.0 Å². The monoisotopic (exact) mass is 341 g/mol. The first-order valence-electron chi connectivity index (χ1n) is 7.49. The van der Waals surface area contributed by atoms with Gasteiger partial charge >= 0.3 is 6.18 Å². The normalized spacial score (nSPS) is 21.2. The van der Waals surface area contributed by atoms with Crippen LogP contribution < -0.4 is 10.2 Å². The van der Waals surface area contributed by atoms with Crippen molar-refractivity contribution in [1.29, 1.82) is 5.26 Å². The van der Waals surface area contributed by atoms with Crippen LogP contribution in [0.15, 0.2) is 18.2 Å². The van der Waals surface area contributed by atoms with Gasteiger partial charge in [-0.1, -0.05) is 0 Å². The molecule has 130 valence electrons. The molecule has 1 aliphatic rings. The van der Waals surface area contributed by atoms with E-state index in [0.717, 1.165) is 12.1 Å². The quantitative estimate of drug-likeness (QED) is 0.917. The van der Waals surface area contributed by atoms with Gasteiger partial charge in [-0.2, -0.15) is 18.4 Å². The second-order valence-electron chi connectivity index (χ2n) is 5.78. The molecule has 1 aromatic carbocycles. The number of ether oxygens (including phenoxy) is 1. The van der Waals surface area contributed by atoms with Gasteiger partial charge in [0.05, 0.1) is 35.2 Å². The molecule has 5 nitrogen and oxygen atoms in total. The van der Waals surface area contributed by atoms with Crippen LogP contribution >= 0.6 is 0 Å². The van der Waals surface area contributed by atoms with Crippen LogP contribution in [0, 0.1) is 11.3 Å². The molecule has 1 saturated heterocycles. The van der Waals surface area contributed by atoms with Crippen LogP contribution in [0.1, 0.15) is 25.8 Å². The molecule has 1 amide bonds. The summed E-state index contributed by atoms with van der Waals surface area (Å²) in [6.07, 6.45) is -5.11. The lowest BCUT2D eigenvalue weighted by atomic mass is 10.1. The van der Waals surface area contributed by atoms with Crippen molar-refractivity contribution in [2.75, 3.05) is 23.3 Å². The smallest absolute Gasteiger partial charge is 0.372 e. The second kappa shape index (κ2) is 7.09. The summed E-state index contributed by atoms with van der Waals surface area (Å²) in [4.78, 5) is 13.6. The Morgan fingerprint density at radius 1 is 1.38 bits per heavy atom. The fraction of sp³-hybridized carbons (Fsp3) is 0.500. The van der Waals surface area contributed by atoms with Gasteiger partial charge in [-0.3, -0.25) is 4.79 Å². The number of hydrogen-bond donors (Lipinski definition) is 1. The highest BCUT2D eigenvalue weighted by molar-refractivity contribution is 5.95. The standard InChI is InChI=1S/C16H18F3N3O2/c1-10-8-22(9-11(2)24-10)14-4-3-12(16(17,18)19)7-13(14)21-15(23)5-6-20/h3-4,7,10-11H,5,8-9H2,1-2H3,(H,21,23). The van der Waals surface area contributed by atoms with E-state index < -0.39 is 24.1 Å². The maximum absolute atomic E-state index is 13.0. The lowest BCUT2D eigenvalue weighted by Crippen LogP contribution is -2.45. The van der Waals surface area contributed by atoms with E-state index in [4.69, 9.17) is 10.00 Å². The Kier molecular flexibility index (Phi) is 5.34. The van der Waals surface area contributed by atoms with Gasteiger partial charge in [0.15, 0.2) is 0 Å².